The van der Waals surface area contributed by atoms with Gasteiger partial charge in [-0.2, -0.15) is 0 Å². The van der Waals surface area contributed by atoms with E-state index in [1.54, 1.807) is 0 Å². The van der Waals surface area contributed by atoms with Crippen LogP contribution in [0.4, 0.5) is 0 Å². The predicted molar refractivity (Wildman–Crippen MR) is 78.7 cm³/mol. The first-order chi connectivity index (χ1) is 8.41. The summed E-state index contributed by atoms with van der Waals surface area (Å²) in [5.74, 6) is 0.527. The second-order valence-corrected chi connectivity index (χ2v) is 8.53. The molecule has 0 rings (SSSR count). The van der Waals surface area contributed by atoms with E-state index in [0.29, 0.717) is 25.7 Å². The lowest BCUT2D eigenvalue weighted by molar-refractivity contribution is 0.0374. The van der Waals surface area contributed by atoms with Crippen LogP contribution in [0, 0.1) is 5.92 Å². The van der Waals surface area contributed by atoms with Crippen LogP contribution in [0.25, 0.3) is 0 Å². The fraction of sp³-hybridized carbons (Fsp3) is 1.00. The van der Waals surface area contributed by atoms with Crippen molar-refractivity contribution in [1.29, 1.82) is 0 Å². The van der Waals surface area contributed by atoms with Crippen molar-refractivity contribution >= 4 is 8.80 Å². The Bertz CT molecular complexity index is 202. The summed E-state index contributed by atoms with van der Waals surface area (Å²) in [4.78, 5) is 0. The minimum atomic E-state index is -2.62. The Labute approximate surface area is 115 Å². The SMILES string of the molecule is CCCC(C)C(C)(C)[Si](OCC)(OCC)OCC. The number of hydrogen-bond donors (Lipinski definition) is 0. The van der Waals surface area contributed by atoms with Gasteiger partial charge in [-0.3, -0.25) is 0 Å². The Morgan fingerprint density at radius 2 is 1.28 bits per heavy atom. The monoisotopic (exact) mass is 276 g/mol. The van der Waals surface area contributed by atoms with E-state index in [2.05, 4.69) is 27.7 Å². The predicted octanol–water partition coefficient (Wildman–Crippen LogP) is 4.25. The van der Waals surface area contributed by atoms with Gasteiger partial charge >= 0.3 is 8.80 Å². The van der Waals surface area contributed by atoms with Crippen LogP contribution in [-0.2, 0) is 13.3 Å². The normalized spacial score (nSPS) is 14.8. The smallest absolute Gasteiger partial charge is 0.373 e. The van der Waals surface area contributed by atoms with Gasteiger partial charge < -0.3 is 13.3 Å². The third-order valence-corrected chi connectivity index (χ3v) is 7.82. The molecule has 0 aliphatic rings. The van der Waals surface area contributed by atoms with Crippen LogP contribution >= 0.6 is 0 Å². The standard InChI is InChI=1S/C14H32O3Si/c1-8-12-13(5)14(6,7)18(15-9-2,16-10-3)17-11-4/h13H,8-12H2,1-7H3. The Morgan fingerprint density at radius 3 is 1.56 bits per heavy atom. The van der Waals surface area contributed by atoms with E-state index >= 15 is 0 Å². The van der Waals surface area contributed by atoms with Crippen LogP contribution < -0.4 is 0 Å². The van der Waals surface area contributed by atoms with Crippen LogP contribution in [0.3, 0.4) is 0 Å². The molecular formula is C14H32O3Si. The molecule has 0 spiro atoms. The number of hydrogen-bond acceptors (Lipinski definition) is 3. The summed E-state index contributed by atoms with van der Waals surface area (Å²) >= 11 is 0. The van der Waals surface area contributed by atoms with Crippen LogP contribution in [0.15, 0.2) is 0 Å². The molecule has 0 N–H and O–H groups in total. The summed E-state index contributed by atoms with van der Waals surface area (Å²) in [5.41, 5.74) is 0. The molecule has 1 atom stereocenters. The van der Waals surface area contributed by atoms with E-state index < -0.39 is 8.80 Å². The van der Waals surface area contributed by atoms with Gasteiger partial charge in [0.05, 0.1) is 0 Å². The molecule has 18 heavy (non-hydrogen) atoms. The van der Waals surface area contributed by atoms with Crippen molar-refractivity contribution in [1.82, 2.24) is 0 Å². The van der Waals surface area contributed by atoms with Gasteiger partial charge in [-0.1, -0.05) is 40.5 Å². The molecular weight excluding hydrogens is 244 g/mol. The maximum Gasteiger partial charge on any atom is 0.507 e. The van der Waals surface area contributed by atoms with E-state index in [1.807, 2.05) is 20.8 Å². The molecule has 0 aliphatic carbocycles. The van der Waals surface area contributed by atoms with Crippen molar-refractivity contribution in [3.63, 3.8) is 0 Å². The van der Waals surface area contributed by atoms with Gasteiger partial charge in [0, 0.05) is 24.9 Å². The molecule has 0 saturated heterocycles. The van der Waals surface area contributed by atoms with Crippen molar-refractivity contribution in [3.8, 4) is 0 Å². The molecule has 0 saturated carbocycles. The molecule has 0 bridgehead atoms. The van der Waals surface area contributed by atoms with E-state index in [9.17, 15) is 0 Å². The quantitative estimate of drug-likeness (QED) is 0.558. The zero-order valence-corrected chi connectivity index (χ0v) is 14.3. The molecule has 3 nitrogen and oxygen atoms in total. The maximum absolute atomic E-state index is 6.04. The van der Waals surface area contributed by atoms with Gasteiger partial charge in [0.1, 0.15) is 0 Å². The zero-order chi connectivity index (χ0) is 14.2. The lowest BCUT2D eigenvalue weighted by Gasteiger charge is -2.44. The summed E-state index contributed by atoms with van der Waals surface area (Å²) in [7, 11) is -2.62. The van der Waals surface area contributed by atoms with Gasteiger partial charge in [0.2, 0.25) is 0 Å². The van der Waals surface area contributed by atoms with Gasteiger partial charge in [0.15, 0.2) is 0 Å². The third-order valence-electron chi connectivity index (χ3n) is 3.75. The van der Waals surface area contributed by atoms with Crippen LogP contribution in [-0.4, -0.2) is 28.6 Å². The highest BCUT2D eigenvalue weighted by Gasteiger charge is 2.57. The molecule has 0 aromatic rings. The van der Waals surface area contributed by atoms with Crippen molar-refractivity contribution < 1.29 is 13.3 Å². The molecule has 1 unspecified atom stereocenters. The Kier molecular flexibility index (Phi) is 8.35. The summed E-state index contributed by atoms with van der Waals surface area (Å²) in [6.07, 6.45) is 2.36. The molecule has 0 aromatic heterocycles. The Morgan fingerprint density at radius 1 is 0.889 bits per heavy atom. The molecule has 4 heteroatoms. The van der Waals surface area contributed by atoms with Crippen molar-refractivity contribution in [2.24, 2.45) is 5.92 Å². The van der Waals surface area contributed by atoms with Gasteiger partial charge in [-0.25, -0.2) is 0 Å². The fourth-order valence-corrected chi connectivity index (χ4v) is 5.60. The average molecular weight is 276 g/mol. The highest BCUT2D eigenvalue weighted by atomic mass is 28.4. The van der Waals surface area contributed by atoms with Crippen molar-refractivity contribution in [3.05, 3.63) is 0 Å². The highest BCUT2D eigenvalue weighted by molar-refractivity contribution is 6.64. The largest absolute Gasteiger partial charge is 0.507 e. The van der Waals surface area contributed by atoms with E-state index in [1.165, 1.54) is 12.8 Å². The fourth-order valence-electron chi connectivity index (χ4n) is 2.35. The molecule has 110 valence electrons. The minimum absolute atomic E-state index is 0.0506. The average Bonchev–Trinajstić information content (AvgIpc) is 2.30. The van der Waals surface area contributed by atoms with E-state index in [-0.39, 0.29) is 5.04 Å². The zero-order valence-electron chi connectivity index (χ0n) is 13.3. The molecule has 0 heterocycles. The van der Waals surface area contributed by atoms with Crippen molar-refractivity contribution in [2.45, 2.75) is 66.3 Å². The molecule has 0 aromatic carbocycles. The summed E-state index contributed by atoms with van der Waals surface area (Å²) in [6, 6.07) is 0. The van der Waals surface area contributed by atoms with E-state index in [4.69, 9.17) is 13.3 Å². The van der Waals surface area contributed by atoms with Gasteiger partial charge in [0.25, 0.3) is 0 Å². The third kappa shape index (κ3) is 4.05. The second kappa shape index (κ2) is 8.30. The highest BCUT2D eigenvalue weighted by Crippen LogP contribution is 2.47. The first-order valence-electron chi connectivity index (χ1n) is 7.33. The maximum atomic E-state index is 6.04. The molecule has 0 fully saturated rings. The van der Waals surface area contributed by atoms with Crippen LogP contribution in [0.1, 0.15) is 61.3 Å². The summed E-state index contributed by atoms with van der Waals surface area (Å²) < 4.78 is 18.1. The van der Waals surface area contributed by atoms with Crippen LogP contribution in [0.2, 0.25) is 5.04 Å². The summed E-state index contributed by atoms with van der Waals surface area (Å²) in [5, 5.41) is -0.0506. The molecule has 0 amide bonds. The van der Waals surface area contributed by atoms with Crippen molar-refractivity contribution in [2.75, 3.05) is 19.8 Å². The Balaban J connectivity index is 5.21. The first kappa shape index (κ1) is 18.1. The Hall–Kier alpha value is 0.0969. The van der Waals surface area contributed by atoms with E-state index in [0.717, 1.165) is 0 Å². The van der Waals surface area contributed by atoms with Gasteiger partial charge in [-0.15, -0.1) is 0 Å². The molecule has 0 aliphatic heterocycles. The topological polar surface area (TPSA) is 27.7 Å². The molecule has 0 radical (unpaired) electrons. The summed E-state index contributed by atoms with van der Waals surface area (Å²) in [6.45, 7) is 17.0. The lowest BCUT2D eigenvalue weighted by Crippen LogP contribution is -2.56. The number of rotatable bonds is 10. The first-order valence-corrected chi connectivity index (χ1v) is 9.06. The minimum Gasteiger partial charge on any atom is -0.373 e. The van der Waals surface area contributed by atoms with Gasteiger partial charge in [-0.05, 0) is 26.7 Å². The second-order valence-electron chi connectivity index (χ2n) is 5.27. The lowest BCUT2D eigenvalue weighted by atomic mass is 9.92. The van der Waals surface area contributed by atoms with Crippen LogP contribution in [0.5, 0.6) is 0 Å².